The number of ketones is 2. The Morgan fingerprint density at radius 3 is 2.58 bits per heavy atom. The fourth-order valence-corrected chi connectivity index (χ4v) is 1.79. The van der Waals surface area contributed by atoms with Gasteiger partial charge in [-0.15, -0.1) is 0 Å². The van der Waals surface area contributed by atoms with Gasteiger partial charge in [-0.05, 0) is 25.1 Å². The van der Waals surface area contributed by atoms with Crippen molar-refractivity contribution in [1.29, 1.82) is 0 Å². The molecule has 96 valence electrons. The standard InChI is InChI=1S/C15H13NO3/c1-11(17)12-5-4-8-16(9-12)10-15(19)13-6-2-3-7-14(13)18/h2-9H,10H2,1H3/p+1. The summed E-state index contributed by atoms with van der Waals surface area (Å²) in [6.07, 6.45) is 3.34. The normalized spacial score (nSPS) is 10.2. The molecule has 0 aliphatic rings. The summed E-state index contributed by atoms with van der Waals surface area (Å²) >= 11 is 0. The summed E-state index contributed by atoms with van der Waals surface area (Å²) in [5, 5.41) is 9.62. The number of carbonyl (C=O) groups is 2. The first-order valence-corrected chi connectivity index (χ1v) is 5.89. The second-order valence-corrected chi connectivity index (χ2v) is 4.26. The molecule has 19 heavy (non-hydrogen) atoms. The second kappa shape index (κ2) is 5.44. The highest BCUT2D eigenvalue weighted by Gasteiger charge is 2.16. The van der Waals surface area contributed by atoms with E-state index < -0.39 is 0 Å². The number of Topliss-reactive ketones (excluding diaryl/α,β-unsaturated/α-hetero) is 2. The molecule has 0 bridgehead atoms. The lowest BCUT2D eigenvalue weighted by atomic mass is 10.1. The van der Waals surface area contributed by atoms with Gasteiger partial charge in [0.05, 0.1) is 11.1 Å². The highest BCUT2D eigenvalue weighted by molar-refractivity contribution is 5.97. The van der Waals surface area contributed by atoms with Crippen LogP contribution in [0.1, 0.15) is 27.6 Å². The predicted molar refractivity (Wildman–Crippen MR) is 69.1 cm³/mol. The molecular weight excluding hydrogens is 242 g/mol. The number of pyridine rings is 1. The lowest BCUT2D eigenvalue weighted by molar-refractivity contribution is -0.683. The maximum atomic E-state index is 12.1. The summed E-state index contributed by atoms with van der Waals surface area (Å²) in [7, 11) is 0. The van der Waals surface area contributed by atoms with Gasteiger partial charge < -0.3 is 5.11 Å². The van der Waals surface area contributed by atoms with Crippen molar-refractivity contribution in [3.8, 4) is 5.75 Å². The van der Waals surface area contributed by atoms with E-state index in [4.69, 9.17) is 0 Å². The molecule has 0 aliphatic heterocycles. The summed E-state index contributed by atoms with van der Waals surface area (Å²) in [6.45, 7) is 1.56. The summed E-state index contributed by atoms with van der Waals surface area (Å²) in [6, 6.07) is 9.83. The Bertz CT molecular complexity index is 635. The third-order valence-corrected chi connectivity index (χ3v) is 2.80. The second-order valence-electron chi connectivity index (χ2n) is 4.26. The molecule has 2 aromatic rings. The molecule has 1 aromatic heterocycles. The third-order valence-electron chi connectivity index (χ3n) is 2.80. The molecular formula is C15H14NO3+. The lowest BCUT2D eigenvalue weighted by Crippen LogP contribution is -2.37. The number of benzene rings is 1. The largest absolute Gasteiger partial charge is 0.507 e. The number of rotatable bonds is 4. The molecule has 2 rings (SSSR count). The third kappa shape index (κ3) is 3.04. The van der Waals surface area contributed by atoms with Crippen LogP contribution in [-0.4, -0.2) is 16.7 Å². The molecule has 4 nitrogen and oxygen atoms in total. The van der Waals surface area contributed by atoms with Crippen molar-refractivity contribution in [1.82, 2.24) is 0 Å². The topological polar surface area (TPSA) is 58.2 Å². The minimum Gasteiger partial charge on any atom is -0.507 e. The first kappa shape index (κ1) is 13.0. The van der Waals surface area contributed by atoms with Gasteiger partial charge >= 0.3 is 0 Å². The Morgan fingerprint density at radius 2 is 1.89 bits per heavy atom. The average Bonchev–Trinajstić information content (AvgIpc) is 2.39. The molecule has 0 fully saturated rings. The molecule has 1 aromatic carbocycles. The summed E-state index contributed by atoms with van der Waals surface area (Å²) in [4.78, 5) is 23.3. The van der Waals surface area contributed by atoms with E-state index in [9.17, 15) is 14.7 Å². The van der Waals surface area contributed by atoms with E-state index in [1.807, 2.05) is 0 Å². The number of para-hydroxylation sites is 1. The Morgan fingerprint density at radius 1 is 1.16 bits per heavy atom. The Labute approximate surface area is 110 Å². The first-order chi connectivity index (χ1) is 9.08. The Balaban J connectivity index is 2.22. The number of phenolic OH excluding ortho intramolecular Hbond substituents is 1. The van der Waals surface area contributed by atoms with Gasteiger partial charge in [-0.25, -0.2) is 0 Å². The zero-order valence-corrected chi connectivity index (χ0v) is 10.5. The van der Waals surface area contributed by atoms with Crippen LogP contribution in [0.15, 0.2) is 48.8 Å². The molecule has 0 unspecified atom stereocenters. The highest BCUT2D eigenvalue weighted by atomic mass is 16.3. The average molecular weight is 256 g/mol. The molecule has 0 aliphatic carbocycles. The quantitative estimate of drug-likeness (QED) is 0.670. The molecule has 0 radical (unpaired) electrons. The van der Waals surface area contributed by atoms with Gasteiger partial charge in [0.25, 0.3) is 0 Å². The van der Waals surface area contributed by atoms with Crippen molar-refractivity contribution in [3.05, 3.63) is 59.9 Å². The monoisotopic (exact) mass is 256 g/mol. The van der Waals surface area contributed by atoms with Crippen LogP contribution >= 0.6 is 0 Å². The summed E-state index contributed by atoms with van der Waals surface area (Å²) in [5.74, 6) is -0.288. The number of hydrogen-bond donors (Lipinski definition) is 1. The summed E-state index contributed by atoms with van der Waals surface area (Å²) in [5.41, 5.74) is 0.829. The molecule has 0 saturated heterocycles. The van der Waals surface area contributed by atoms with E-state index in [2.05, 4.69) is 0 Å². The summed E-state index contributed by atoms with van der Waals surface area (Å²) < 4.78 is 1.63. The number of hydrogen-bond acceptors (Lipinski definition) is 3. The van der Waals surface area contributed by atoms with Crippen LogP contribution in [0.5, 0.6) is 5.75 Å². The predicted octanol–water partition coefficient (Wildman–Crippen LogP) is 1.77. The van der Waals surface area contributed by atoms with Crippen molar-refractivity contribution in [3.63, 3.8) is 0 Å². The molecule has 0 saturated carbocycles. The van der Waals surface area contributed by atoms with E-state index >= 15 is 0 Å². The van der Waals surface area contributed by atoms with Crippen molar-refractivity contribution in [2.24, 2.45) is 0 Å². The van der Waals surface area contributed by atoms with Gasteiger partial charge in [0.15, 0.2) is 18.2 Å². The van der Waals surface area contributed by atoms with Crippen LogP contribution < -0.4 is 4.57 Å². The van der Waals surface area contributed by atoms with Gasteiger partial charge in [0.2, 0.25) is 12.3 Å². The van der Waals surface area contributed by atoms with Crippen LogP contribution in [-0.2, 0) is 6.54 Å². The number of aromatic hydroxyl groups is 1. The first-order valence-electron chi connectivity index (χ1n) is 5.89. The Kier molecular flexibility index (Phi) is 3.71. The number of aromatic nitrogens is 1. The van der Waals surface area contributed by atoms with Crippen LogP contribution in [0.4, 0.5) is 0 Å². The Hall–Kier alpha value is -2.49. The molecule has 0 spiro atoms. The number of nitrogens with zero attached hydrogens (tertiary/aromatic N) is 1. The molecule has 0 amide bonds. The van der Waals surface area contributed by atoms with Gasteiger partial charge in [-0.2, -0.15) is 4.57 Å². The van der Waals surface area contributed by atoms with Gasteiger partial charge in [0.1, 0.15) is 5.75 Å². The van der Waals surface area contributed by atoms with E-state index in [0.717, 1.165) is 0 Å². The minimum atomic E-state index is -0.205. The van der Waals surface area contributed by atoms with E-state index in [-0.39, 0.29) is 29.4 Å². The zero-order valence-electron chi connectivity index (χ0n) is 10.5. The molecule has 1 heterocycles. The number of carbonyl (C=O) groups excluding carboxylic acids is 2. The fourth-order valence-electron chi connectivity index (χ4n) is 1.79. The van der Waals surface area contributed by atoms with Crippen LogP contribution in [0.2, 0.25) is 0 Å². The maximum Gasteiger partial charge on any atom is 0.231 e. The van der Waals surface area contributed by atoms with Crippen molar-refractivity contribution in [2.75, 3.05) is 0 Å². The van der Waals surface area contributed by atoms with Crippen LogP contribution in [0, 0.1) is 0 Å². The lowest BCUT2D eigenvalue weighted by Gasteiger charge is -2.01. The SMILES string of the molecule is CC(=O)c1ccc[n+](CC(=O)c2ccccc2O)c1. The van der Waals surface area contributed by atoms with Gasteiger partial charge in [-0.1, -0.05) is 12.1 Å². The van der Waals surface area contributed by atoms with Gasteiger partial charge in [-0.3, -0.25) is 9.59 Å². The van der Waals surface area contributed by atoms with Crippen molar-refractivity contribution in [2.45, 2.75) is 13.5 Å². The van der Waals surface area contributed by atoms with E-state index in [0.29, 0.717) is 5.56 Å². The van der Waals surface area contributed by atoms with Crippen LogP contribution in [0.3, 0.4) is 0 Å². The van der Waals surface area contributed by atoms with Gasteiger partial charge in [0, 0.05) is 6.07 Å². The smallest absolute Gasteiger partial charge is 0.231 e. The number of phenols is 1. The van der Waals surface area contributed by atoms with Crippen molar-refractivity contribution >= 4 is 11.6 Å². The van der Waals surface area contributed by atoms with E-state index in [1.54, 1.807) is 47.3 Å². The van der Waals surface area contributed by atoms with E-state index in [1.165, 1.54) is 13.0 Å². The zero-order chi connectivity index (χ0) is 13.8. The fraction of sp³-hybridized carbons (Fsp3) is 0.133. The molecule has 4 heteroatoms. The van der Waals surface area contributed by atoms with Crippen molar-refractivity contribution < 1.29 is 19.3 Å². The minimum absolute atomic E-state index is 0.0316. The molecule has 0 atom stereocenters. The molecule has 1 N–H and O–H groups in total. The highest BCUT2D eigenvalue weighted by Crippen LogP contribution is 2.15. The maximum absolute atomic E-state index is 12.1. The van der Waals surface area contributed by atoms with Crippen LogP contribution in [0.25, 0.3) is 0 Å².